The molecule has 0 atom stereocenters. The number of hydrogen-bond acceptors (Lipinski definition) is 5. The van der Waals surface area contributed by atoms with Crippen molar-refractivity contribution < 1.29 is 18.0 Å². The number of nitrogens with two attached hydrogens (primary N) is 1. The fraction of sp³-hybridized carbons (Fsp3) is 0.389. The van der Waals surface area contributed by atoms with Crippen LogP contribution in [-0.2, 0) is 10.0 Å². The van der Waals surface area contributed by atoms with Gasteiger partial charge in [0.05, 0.1) is 16.3 Å². The summed E-state index contributed by atoms with van der Waals surface area (Å²) >= 11 is 0. The molecule has 150 valence electrons. The lowest BCUT2D eigenvalue weighted by Crippen LogP contribution is -2.35. The zero-order valence-electron chi connectivity index (χ0n) is 15.8. The Morgan fingerprint density at radius 3 is 2.50 bits per heavy atom. The highest BCUT2D eigenvalue weighted by Crippen LogP contribution is 2.24. The zero-order valence-corrected chi connectivity index (χ0v) is 16.6. The van der Waals surface area contributed by atoms with Crippen LogP contribution in [0.5, 0.6) is 0 Å². The monoisotopic (exact) mass is 405 g/mol. The average Bonchev–Trinajstić information content (AvgIpc) is 3.03. The number of carbonyl (C=O) groups excluding carboxylic acids is 2. The van der Waals surface area contributed by atoms with Crippen molar-refractivity contribution in [2.24, 2.45) is 5.73 Å². The molecule has 0 unspecified atom stereocenters. The number of nitrogens with zero attached hydrogens (tertiary/aromatic N) is 2. The van der Waals surface area contributed by atoms with Crippen LogP contribution in [0.3, 0.4) is 0 Å². The fourth-order valence-corrected chi connectivity index (χ4v) is 4.75. The van der Waals surface area contributed by atoms with Crippen LogP contribution in [0, 0.1) is 13.8 Å². The molecule has 0 spiro atoms. The van der Waals surface area contributed by atoms with Gasteiger partial charge < -0.3 is 11.1 Å². The lowest BCUT2D eigenvalue weighted by atomic mass is 10.1. The standard InChI is InChI=1S/C18H23N5O4S/c1-11-6-7-13(28(26,27)23-8-4-3-5-9-23)10-14(11)18(25)20-15-12(2)21-22-16(15)17(19)24/h6-7,10H,3-5,8-9H2,1-2H3,(H2,19,24)(H,20,25)(H,21,22). The summed E-state index contributed by atoms with van der Waals surface area (Å²) in [4.78, 5) is 24.4. The Balaban J connectivity index is 1.93. The number of piperidine rings is 1. The molecule has 4 N–H and O–H groups in total. The van der Waals surface area contributed by atoms with Gasteiger partial charge in [0.2, 0.25) is 10.0 Å². The number of hydrogen-bond donors (Lipinski definition) is 3. The molecule has 2 aromatic rings. The molecule has 28 heavy (non-hydrogen) atoms. The number of sulfonamides is 1. The third-order valence-corrected chi connectivity index (χ3v) is 6.72. The molecule has 2 heterocycles. The maximum Gasteiger partial charge on any atom is 0.271 e. The van der Waals surface area contributed by atoms with Crippen LogP contribution in [0.1, 0.15) is 51.4 Å². The molecule has 1 aliphatic heterocycles. The molecule has 0 aliphatic carbocycles. The topological polar surface area (TPSA) is 138 Å². The second kappa shape index (κ2) is 7.72. The van der Waals surface area contributed by atoms with E-state index >= 15 is 0 Å². The molecule has 1 aliphatic rings. The van der Waals surface area contributed by atoms with Crippen LogP contribution in [0.15, 0.2) is 23.1 Å². The Bertz CT molecular complexity index is 1020. The van der Waals surface area contributed by atoms with Gasteiger partial charge in [0.25, 0.3) is 11.8 Å². The summed E-state index contributed by atoms with van der Waals surface area (Å²) in [5, 5.41) is 9.00. The van der Waals surface area contributed by atoms with E-state index in [2.05, 4.69) is 15.5 Å². The van der Waals surface area contributed by atoms with Crippen LogP contribution in [0.2, 0.25) is 0 Å². The number of primary amides is 1. The van der Waals surface area contributed by atoms with E-state index in [1.54, 1.807) is 19.9 Å². The van der Waals surface area contributed by atoms with Gasteiger partial charge in [-0.05, 0) is 44.4 Å². The van der Waals surface area contributed by atoms with Crippen molar-refractivity contribution in [2.75, 3.05) is 18.4 Å². The molecule has 9 nitrogen and oxygen atoms in total. The predicted molar refractivity (Wildman–Crippen MR) is 104 cm³/mol. The molecule has 1 aromatic heterocycles. The van der Waals surface area contributed by atoms with Crippen LogP contribution >= 0.6 is 0 Å². The SMILES string of the molecule is Cc1ccc(S(=O)(=O)N2CCCCC2)cc1C(=O)Nc1c(C(N)=O)n[nH]c1C. The molecule has 0 bridgehead atoms. The average molecular weight is 405 g/mol. The molecule has 0 saturated carbocycles. The van der Waals surface area contributed by atoms with Crippen LogP contribution < -0.4 is 11.1 Å². The van der Waals surface area contributed by atoms with Gasteiger partial charge in [0.15, 0.2) is 5.69 Å². The number of H-pyrrole nitrogens is 1. The molecule has 1 saturated heterocycles. The summed E-state index contributed by atoms with van der Waals surface area (Å²) in [6.07, 6.45) is 2.67. The van der Waals surface area contributed by atoms with Gasteiger partial charge >= 0.3 is 0 Å². The van der Waals surface area contributed by atoms with Gasteiger partial charge in [-0.2, -0.15) is 9.40 Å². The summed E-state index contributed by atoms with van der Waals surface area (Å²) in [6, 6.07) is 4.48. The maximum atomic E-state index is 12.9. The van der Waals surface area contributed by atoms with Gasteiger partial charge in [0, 0.05) is 18.7 Å². The van der Waals surface area contributed by atoms with Crippen molar-refractivity contribution in [3.8, 4) is 0 Å². The first-order chi connectivity index (χ1) is 13.2. The van der Waals surface area contributed by atoms with Crippen LogP contribution in [0.25, 0.3) is 0 Å². The van der Waals surface area contributed by atoms with Gasteiger partial charge in [0.1, 0.15) is 0 Å². The quantitative estimate of drug-likeness (QED) is 0.693. The van der Waals surface area contributed by atoms with Crippen molar-refractivity contribution in [3.05, 3.63) is 40.7 Å². The first-order valence-corrected chi connectivity index (χ1v) is 10.4. The van der Waals surface area contributed by atoms with E-state index in [4.69, 9.17) is 5.73 Å². The van der Waals surface area contributed by atoms with Crippen molar-refractivity contribution in [2.45, 2.75) is 38.0 Å². The van der Waals surface area contributed by atoms with Gasteiger partial charge in [-0.1, -0.05) is 12.5 Å². The van der Waals surface area contributed by atoms with E-state index in [0.29, 0.717) is 24.3 Å². The van der Waals surface area contributed by atoms with E-state index in [-0.39, 0.29) is 21.8 Å². The largest absolute Gasteiger partial charge is 0.364 e. The predicted octanol–water partition coefficient (Wildman–Crippen LogP) is 1.55. The number of anilines is 1. The first-order valence-electron chi connectivity index (χ1n) is 8.98. The van der Waals surface area contributed by atoms with E-state index in [9.17, 15) is 18.0 Å². The number of rotatable bonds is 5. The Morgan fingerprint density at radius 2 is 1.86 bits per heavy atom. The van der Waals surface area contributed by atoms with E-state index in [1.807, 2.05) is 0 Å². The lowest BCUT2D eigenvalue weighted by Gasteiger charge is -2.26. The summed E-state index contributed by atoms with van der Waals surface area (Å²) in [5.41, 5.74) is 6.66. The van der Waals surface area contributed by atoms with Crippen molar-refractivity contribution in [1.29, 1.82) is 0 Å². The smallest absolute Gasteiger partial charge is 0.271 e. The van der Waals surface area contributed by atoms with Crippen molar-refractivity contribution in [1.82, 2.24) is 14.5 Å². The van der Waals surface area contributed by atoms with Gasteiger partial charge in [-0.15, -0.1) is 0 Å². The Hall–Kier alpha value is -2.72. The van der Waals surface area contributed by atoms with Crippen LogP contribution in [0.4, 0.5) is 5.69 Å². The highest BCUT2D eigenvalue weighted by atomic mass is 32.2. The summed E-state index contributed by atoms with van der Waals surface area (Å²) in [7, 11) is -3.67. The Morgan fingerprint density at radius 1 is 1.18 bits per heavy atom. The highest BCUT2D eigenvalue weighted by molar-refractivity contribution is 7.89. The summed E-state index contributed by atoms with van der Waals surface area (Å²) in [5.74, 6) is -1.32. The number of carbonyl (C=O) groups is 2. The highest BCUT2D eigenvalue weighted by Gasteiger charge is 2.27. The van der Waals surface area contributed by atoms with E-state index in [0.717, 1.165) is 19.3 Å². The fourth-order valence-electron chi connectivity index (χ4n) is 3.20. The second-order valence-corrected chi connectivity index (χ2v) is 8.77. The van der Waals surface area contributed by atoms with Crippen LogP contribution in [-0.4, -0.2) is 47.8 Å². The molecule has 2 amide bonds. The maximum absolute atomic E-state index is 12.9. The first kappa shape index (κ1) is 20.0. The summed E-state index contributed by atoms with van der Waals surface area (Å²) < 4.78 is 27.3. The molecule has 1 aromatic carbocycles. The number of aryl methyl sites for hydroxylation is 2. The van der Waals surface area contributed by atoms with Crippen molar-refractivity contribution in [3.63, 3.8) is 0 Å². The number of aromatic nitrogens is 2. The number of amides is 2. The molecule has 1 fully saturated rings. The molecule has 3 rings (SSSR count). The molecule has 10 heteroatoms. The number of aromatic amines is 1. The summed E-state index contributed by atoms with van der Waals surface area (Å²) in [6.45, 7) is 4.31. The zero-order chi connectivity index (χ0) is 20.5. The lowest BCUT2D eigenvalue weighted by molar-refractivity contribution is 0.0996. The Labute approximate surface area is 163 Å². The molecule has 0 radical (unpaired) electrons. The number of nitrogens with one attached hydrogen (secondary N) is 2. The number of benzene rings is 1. The minimum Gasteiger partial charge on any atom is -0.364 e. The Kier molecular flexibility index (Phi) is 5.52. The minimum absolute atomic E-state index is 0.0733. The van der Waals surface area contributed by atoms with Gasteiger partial charge in [-0.25, -0.2) is 8.42 Å². The van der Waals surface area contributed by atoms with E-state index in [1.165, 1.54) is 16.4 Å². The molecular weight excluding hydrogens is 382 g/mol. The third-order valence-electron chi connectivity index (χ3n) is 4.83. The van der Waals surface area contributed by atoms with Gasteiger partial charge in [-0.3, -0.25) is 14.7 Å². The normalized spacial score (nSPS) is 15.4. The third kappa shape index (κ3) is 3.78. The second-order valence-electron chi connectivity index (χ2n) is 6.83. The minimum atomic E-state index is -3.67. The van der Waals surface area contributed by atoms with E-state index < -0.39 is 21.8 Å². The van der Waals surface area contributed by atoms with Crippen molar-refractivity contribution >= 4 is 27.5 Å². The molecular formula is C18H23N5O4S.